The molecular formula is C12H15Cl2NOS. The number of benzene rings is 1. The Balaban J connectivity index is 2.42. The maximum atomic E-state index is 11.6. The SMILES string of the molecule is Cc1ccc(SC(=O)NCC(C)(Cl)CCl)cc1. The molecule has 17 heavy (non-hydrogen) atoms. The predicted octanol–water partition coefficient (Wildman–Crippen LogP) is 4.03. The van der Waals surface area contributed by atoms with Gasteiger partial charge in [-0.3, -0.25) is 4.79 Å². The van der Waals surface area contributed by atoms with Crippen molar-refractivity contribution in [3.05, 3.63) is 29.8 Å². The van der Waals surface area contributed by atoms with Crippen molar-refractivity contribution in [2.24, 2.45) is 0 Å². The standard InChI is InChI=1S/C12H15Cl2NOS/c1-9-3-5-10(6-4-9)17-11(16)15-8-12(2,14)7-13/h3-6H,7-8H2,1-2H3,(H,15,16). The number of thioether (sulfide) groups is 1. The van der Waals surface area contributed by atoms with E-state index in [1.54, 1.807) is 6.92 Å². The monoisotopic (exact) mass is 291 g/mol. The molecule has 94 valence electrons. The summed E-state index contributed by atoms with van der Waals surface area (Å²) in [6, 6.07) is 7.78. The highest BCUT2D eigenvalue weighted by Crippen LogP contribution is 2.20. The summed E-state index contributed by atoms with van der Waals surface area (Å²) in [6.45, 7) is 4.15. The molecule has 1 aromatic rings. The minimum atomic E-state index is -0.592. The first-order chi connectivity index (χ1) is 7.93. The molecule has 0 aromatic heterocycles. The van der Waals surface area contributed by atoms with Gasteiger partial charge in [-0.25, -0.2) is 0 Å². The van der Waals surface area contributed by atoms with E-state index < -0.39 is 4.87 Å². The zero-order valence-corrected chi connectivity index (χ0v) is 12.1. The molecule has 5 heteroatoms. The summed E-state index contributed by atoms with van der Waals surface area (Å²) in [4.78, 5) is 11.9. The van der Waals surface area contributed by atoms with Crippen LogP contribution in [0.2, 0.25) is 0 Å². The van der Waals surface area contributed by atoms with Gasteiger partial charge in [-0.15, -0.1) is 23.2 Å². The Morgan fingerprint density at radius 2 is 2.00 bits per heavy atom. The van der Waals surface area contributed by atoms with Crippen molar-refractivity contribution < 1.29 is 4.79 Å². The van der Waals surface area contributed by atoms with E-state index >= 15 is 0 Å². The van der Waals surface area contributed by atoms with Crippen molar-refractivity contribution in [2.45, 2.75) is 23.6 Å². The maximum absolute atomic E-state index is 11.6. The van der Waals surface area contributed by atoms with Crippen LogP contribution in [0.1, 0.15) is 12.5 Å². The van der Waals surface area contributed by atoms with Crippen molar-refractivity contribution in [1.29, 1.82) is 0 Å². The van der Waals surface area contributed by atoms with Crippen molar-refractivity contribution in [3.63, 3.8) is 0 Å². The Kier molecular flexibility index (Phi) is 5.63. The molecule has 1 rings (SSSR count). The second-order valence-corrected chi connectivity index (χ2v) is 6.33. The van der Waals surface area contributed by atoms with Gasteiger partial charge < -0.3 is 5.32 Å². The minimum absolute atomic E-state index is 0.120. The van der Waals surface area contributed by atoms with Gasteiger partial charge in [0.1, 0.15) is 0 Å². The van der Waals surface area contributed by atoms with Crippen molar-refractivity contribution in [3.8, 4) is 0 Å². The van der Waals surface area contributed by atoms with Crippen molar-refractivity contribution >= 4 is 40.2 Å². The Bertz CT molecular complexity index is 379. The number of carbonyl (C=O) groups is 1. The number of aryl methyl sites for hydroxylation is 1. The van der Waals surface area contributed by atoms with Crippen molar-refractivity contribution in [2.75, 3.05) is 12.4 Å². The third-order valence-corrected chi connectivity index (χ3v) is 3.94. The summed E-state index contributed by atoms with van der Waals surface area (Å²) >= 11 is 12.8. The highest BCUT2D eigenvalue weighted by Gasteiger charge is 2.20. The molecule has 0 saturated heterocycles. The smallest absolute Gasteiger partial charge is 0.283 e. The van der Waals surface area contributed by atoms with E-state index in [0.717, 1.165) is 16.7 Å². The zero-order chi connectivity index (χ0) is 12.9. The lowest BCUT2D eigenvalue weighted by atomic mass is 10.2. The topological polar surface area (TPSA) is 29.1 Å². The van der Waals surface area contributed by atoms with Gasteiger partial charge in [-0.1, -0.05) is 17.7 Å². The summed E-state index contributed by atoms with van der Waals surface area (Å²) in [5.41, 5.74) is 1.17. The molecule has 1 aromatic carbocycles. The fourth-order valence-corrected chi connectivity index (χ4v) is 1.85. The molecule has 0 aliphatic heterocycles. The molecule has 1 amide bonds. The highest BCUT2D eigenvalue weighted by molar-refractivity contribution is 8.13. The largest absolute Gasteiger partial charge is 0.345 e. The number of hydrogen-bond donors (Lipinski definition) is 1. The van der Waals surface area contributed by atoms with E-state index in [4.69, 9.17) is 23.2 Å². The van der Waals surface area contributed by atoms with E-state index in [2.05, 4.69) is 5.32 Å². The van der Waals surface area contributed by atoms with Gasteiger partial charge in [0.2, 0.25) is 0 Å². The van der Waals surface area contributed by atoms with Crippen LogP contribution in [-0.2, 0) is 0 Å². The van der Waals surface area contributed by atoms with Crippen LogP contribution >= 0.6 is 35.0 Å². The average molecular weight is 292 g/mol. The first-order valence-electron chi connectivity index (χ1n) is 5.20. The lowest BCUT2D eigenvalue weighted by Crippen LogP contribution is -2.36. The summed E-state index contributed by atoms with van der Waals surface area (Å²) in [7, 11) is 0. The van der Waals surface area contributed by atoms with Gasteiger partial charge in [0.25, 0.3) is 5.24 Å². The van der Waals surface area contributed by atoms with E-state index in [-0.39, 0.29) is 5.24 Å². The third-order valence-electron chi connectivity index (χ3n) is 2.11. The van der Waals surface area contributed by atoms with Gasteiger partial charge >= 0.3 is 0 Å². The normalized spacial score (nSPS) is 14.1. The van der Waals surface area contributed by atoms with Gasteiger partial charge in [0.05, 0.1) is 4.87 Å². The predicted molar refractivity (Wildman–Crippen MR) is 75.4 cm³/mol. The molecule has 0 heterocycles. The summed E-state index contributed by atoms with van der Waals surface area (Å²) in [5, 5.41) is 2.62. The molecule has 0 fully saturated rings. The molecule has 1 N–H and O–H groups in total. The number of carbonyl (C=O) groups excluding carboxylic acids is 1. The van der Waals surface area contributed by atoms with Crippen LogP contribution in [0.15, 0.2) is 29.2 Å². The number of amides is 1. The summed E-state index contributed by atoms with van der Waals surface area (Å²) in [6.07, 6.45) is 0. The average Bonchev–Trinajstić information content (AvgIpc) is 2.30. The molecule has 1 unspecified atom stereocenters. The van der Waals surface area contributed by atoms with Gasteiger partial charge in [0.15, 0.2) is 0 Å². The second-order valence-electron chi connectivity index (χ2n) is 4.10. The van der Waals surface area contributed by atoms with Gasteiger partial charge in [-0.05, 0) is 37.7 Å². The number of halogens is 2. The van der Waals surface area contributed by atoms with Gasteiger partial charge in [0, 0.05) is 17.3 Å². The molecule has 0 aliphatic rings. The van der Waals surface area contributed by atoms with Gasteiger partial charge in [-0.2, -0.15) is 0 Å². The Hall–Kier alpha value is -0.380. The number of alkyl halides is 2. The lowest BCUT2D eigenvalue weighted by molar-refractivity contribution is 0.260. The van der Waals surface area contributed by atoms with E-state index in [9.17, 15) is 4.79 Å². The van der Waals surface area contributed by atoms with E-state index in [1.807, 2.05) is 31.2 Å². The molecule has 0 saturated carbocycles. The molecule has 0 spiro atoms. The lowest BCUT2D eigenvalue weighted by Gasteiger charge is -2.18. The molecule has 0 radical (unpaired) electrons. The number of hydrogen-bond acceptors (Lipinski definition) is 2. The number of nitrogens with one attached hydrogen (secondary N) is 1. The maximum Gasteiger partial charge on any atom is 0.283 e. The third kappa shape index (κ3) is 5.66. The summed E-state index contributed by atoms with van der Waals surface area (Å²) in [5.74, 6) is 0.296. The fourth-order valence-electron chi connectivity index (χ4n) is 1.05. The van der Waals surface area contributed by atoms with Crippen LogP contribution in [0.25, 0.3) is 0 Å². The quantitative estimate of drug-likeness (QED) is 0.670. The molecule has 0 bridgehead atoms. The van der Waals surface area contributed by atoms with Crippen LogP contribution in [0.3, 0.4) is 0 Å². The minimum Gasteiger partial charge on any atom is -0.345 e. The van der Waals surface area contributed by atoms with Crippen molar-refractivity contribution in [1.82, 2.24) is 5.32 Å². The van der Waals surface area contributed by atoms with Crippen LogP contribution in [0, 0.1) is 6.92 Å². The molecule has 0 aliphatic carbocycles. The van der Waals surface area contributed by atoms with E-state index in [1.165, 1.54) is 5.56 Å². The van der Waals surface area contributed by atoms with Crippen LogP contribution in [0.5, 0.6) is 0 Å². The molecule has 1 atom stereocenters. The van der Waals surface area contributed by atoms with E-state index in [0.29, 0.717) is 12.4 Å². The number of rotatable bonds is 4. The van der Waals surface area contributed by atoms with Crippen LogP contribution in [0.4, 0.5) is 4.79 Å². The summed E-state index contributed by atoms with van der Waals surface area (Å²) < 4.78 is 0. The first-order valence-corrected chi connectivity index (χ1v) is 6.93. The van der Waals surface area contributed by atoms with Crippen LogP contribution < -0.4 is 5.32 Å². The Morgan fingerprint density at radius 1 is 1.41 bits per heavy atom. The van der Waals surface area contributed by atoms with Crippen LogP contribution in [-0.4, -0.2) is 22.5 Å². The molecular weight excluding hydrogens is 277 g/mol. The highest BCUT2D eigenvalue weighted by atomic mass is 35.5. The molecule has 2 nitrogen and oxygen atoms in total. The fraction of sp³-hybridized carbons (Fsp3) is 0.417. The Labute approximate surface area is 116 Å². The zero-order valence-electron chi connectivity index (χ0n) is 9.80. The Morgan fingerprint density at radius 3 is 2.53 bits per heavy atom. The second kappa shape index (κ2) is 6.53. The first kappa shape index (κ1) is 14.7.